The van der Waals surface area contributed by atoms with Gasteiger partial charge in [0, 0.05) is 12.0 Å². The first-order chi connectivity index (χ1) is 7.79. The fourth-order valence-corrected chi connectivity index (χ4v) is 1.42. The van der Waals surface area contributed by atoms with Crippen LogP contribution >= 0.6 is 0 Å². The van der Waals surface area contributed by atoms with Gasteiger partial charge in [-0.1, -0.05) is 17.7 Å². The molecule has 2 aromatic rings. The molecule has 0 radical (unpaired) electrons. The molecule has 0 atom stereocenters. The zero-order valence-corrected chi connectivity index (χ0v) is 9.31. The van der Waals surface area contributed by atoms with Crippen molar-refractivity contribution < 1.29 is 4.42 Å². The van der Waals surface area contributed by atoms with Gasteiger partial charge in [-0.2, -0.15) is 0 Å². The van der Waals surface area contributed by atoms with E-state index in [4.69, 9.17) is 10.2 Å². The van der Waals surface area contributed by atoms with Crippen molar-refractivity contribution in [1.29, 1.82) is 0 Å². The minimum atomic E-state index is 0.576. The first-order valence-corrected chi connectivity index (χ1v) is 5.39. The smallest absolute Gasteiger partial charge is 0.247 e. The number of rotatable bonds is 4. The van der Waals surface area contributed by atoms with Gasteiger partial charge in [-0.15, -0.1) is 10.2 Å². The van der Waals surface area contributed by atoms with Gasteiger partial charge in [0.05, 0.1) is 0 Å². The average Bonchev–Trinajstić information content (AvgIpc) is 2.76. The quantitative estimate of drug-likeness (QED) is 0.849. The Morgan fingerprint density at radius 3 is 2.62 bits per heavy atom. The number of hydrogen-bond acceptors (Lipinski definition) is 4. The summed E-state index contributed by atoms with van der Waals surface area (Å²) in [7, 11) is 0. The molecule has 0 aliphatic carbocycles. The van der Waals surface area contributed by atoms with Crippen LogP contribution in [0, 0.1) is 6.92 Å². The number of aromatic nitrogens is 2. The number of hydrogen-bond donors (Lipinski definition) is 1. The van der Waals surface area contributed by atoms with Gasteiger partial charge in [0.1, 0.15) is 0 Å². The maximum absolute atomic E-state index is 5.53. The highest BCUT2D eigenvalue weighted by Gasteiger charge is 2.07. The van der Waals surface area contributed by atoms with E-state index in [1.807, 2.05) is 31.2 Å². The molecule has 0 aliphatic rings. The van der Waals surface area contributed by atoms with Gasteiger partial charge in [-0.25, -0.2) is 0 Å². The Balaban J connectivity index is 2.15. The van der Waals surface area contributed by atoms with E-state index in [1.54, 1.807) is 0 Å². The van der Waals surface area contributed by atoms with E-state index in [2.05, 4.69) is 10.2 Å². The molecule has 0 saturated carbocycles. The first-order valence-electron chi connectivity index (χ1n) is 5.39. The molecular weight excluding hydrogens is 202 g/mol. The largest absolute Gasteiger partial charge is 0.421 e. The van der Waals surface area contributed by atoms with Crippen LogP contribution in [0.1, 0.15) is 17.9 Å². The molecule has 4 heteroatoms. The summed E-state index contributed by atoms with van der Waals surface area (Å²) in [5.41, 5.74) is 7.59. The lowest BCUT2D eigenvalue weighted by atomic mass is 10.1. The molecule has 0 bridgehead atoms. The molecule has 1 heterocycles. The minimum absolute atomic E-state index is 0.576. The molecule has 2 rings (SSSR count). The molecule has 1 aromatic heterocycles. The van der Waals surface area contributed by atoms with Crippen molar-refractivity contribution in [3.05, 3.63) is 35.7 Å². The second-order valence-electron chi connectivity index (χ2n) is 3.76. The van der Waals surface area contributed by atoms with Crippen LogP contribution in [0.2, 0.25) is 0 Å². The molecule has 16 heavy (non-hydrogen) atoms. The van der Waals surface area contributed by atoms with E-state index < -0.39 is 0 Å². The predicted molar refractivity (Wildman–Crippen MR) is 61.8 cm³/mol. The van der Waals surface area contributed by atoms with E-state index in [1.165, 1.54) is 5.56 Å². The second kappa shape index (κ2) is 4.90. The van der Waals surface area contributed by atoms with Crippen LogP contribution in [0.3, 0.4) is 0 Å². The van der Waals surface area contributed by atoms with Gasteiger partial charge >= 0.3 is 0 Å². The Morgan fingerprint density at radius 1 is 1.19 bits per heavy atom. The lowest BCUT2D eigenvalue weighted by Gasteiger charge is -1.95. The van der Waals surface area contributed by atoms with Crippen LogP contribution < -0.4 is 5.73 Å². The summed E-state index contributed by atoms with van der Waals surface area (Å²) < 4.78 is 5.53. The summed E-state index contributed by atoms with van der Waals surface area (Å²) >= 11 is 0. The molecule has 0 fully saturated rings. The highest BCUT2D eigenvalue weighted by atomic mass is 16.4. The van der Waals surface area contributed by atoms with Crippen LogP contribution in [-0.2, 0) is 6.42 Å². The zero-order valence-electron chi connectivity index (χ0n) is 9.31. The molecule has 0 amide bonds. The van der Waals surface area contributed by atoms with Crippen molar-refractivity contribution in [1.82, 2.24) is 10.2 Å². The third-order valence-corrected chi connectivity index (χ3v) is 2.36. The summed E-state index contributed by atoms with van der Waals surface area (Å²) in [6.07, 6.45) is 1.62. The molecule has 1 aromatic carbocycles. The Hall–Kier alpha value is -1.68. The summed E-state index contributed by atoms with van der Waals surface area (Å²) in [5, 5.41) is 7.99. The maximum atomic E-state index is 5.53. The number of aryl methyl sites for hydroxylation is 2. The highest BCUT2D eigenvalue weighted by molar-refractivity contribution is 5.52. The Kier molecular flexibility index (Phi) is 3.31. The van der Waals surface area contributed by atoms with Crippen LogP contribution in [0.15, 0.2) is 28.7 Å². The molecule has 0 unspecified atom stereocenters. The van der Waals surface area contributed by atoms with Crippen LogP contribution in [0.4, 0.5) is 0 Å². The fourth-order valence-electron chi connectivity index (χ4n) is 1.42. The Labute approximate surface area is 94.5 Å². The van der Waals surface area contributed by atoms with E-state index in [9.17, 15) is 0 Å². The van der Waals surface area contributed by atoms with Crippen molar-refractivity contribution in [3.8, 4) is 11.5 Å². The summed E-state index contributed by atoms with van der Waals surface area (Å²) in [6, 6.07) is 8.02. The van der Waals surface area contributed by atoms with Crippen molar-refractivity contribution in [3.63, 3.8) is 0 Å². The van der Waals surface area contributed by atoms with Crippen molar-refractivity contribution >= 4 is 0 Å². The number of benzene rings is 1. The molecule has 4 nitrogen and oxygen atoms in total. The van der Waals surface area contributed by atoms with Gasteiger partial charge in [0.15, 0.2) is 0 Å². The minimum Gasteiger partial charge on any atom is -0.421 e. The highest BCUT2D eigenvalue weighted by Crippen LogP contribution is 2.18. The lowest BCUT2D eigenvalue weighted by molar-refractivity contribution is 0.499. The number of nitrogens with two attached hydrogens (primary N) is 1. The normalized spacial score (nSPS) is 10.6. The summed E-state index contributed by atoms with van der Waals surface area (Å²) in [4.78, 5) is 0. The number of nitrogens with zero attached hydrogens (tertiary/aromatic N) is 2. The van der Waals surface area contributed by atoms with E-state index in [-0.39, 0.29) is 0 Å². The van der Waals surface area contributed by atoms with Crippen molar-refractivity contribution in [2.45, 2.75) is 19.8 Å². The molecule has 0 aliphatic heterocycles. The topological polar surface area (TPSA) is 64.9 Å². The zero-order chi connectivity index (χ0) is 11.4. The van der Waals surface area contributed by atoms with Crippen LogP contribution in [0.25, 0.3) is 11.5 Å². The van der Waals surface area contributed by atoms with E-state index >= 15 is 0 Å². The van der Waals surface area contributed by atoms with Crippen molar-refractivity contribution in [2.75, 3.05) is 6.54 Å². The molecule has 84 valence electrons. The average molecular weight is 217 g/mol. The van der Waals surface area contributed by atoms with Gasteiger partial charge in [-0.05, 0) is 32.0 Å². The fraction of sp³-hybridized carbons (Fsp3) is 0.333. The van der Waals surface area contributed by atoms with Crippen LogP contribution in [-0.4, -0.2) is 16.7 Å². The molecule has 0 saturated heterocycles. The standard InChI is InChI=1S/C12H15N3O/c1-9-4-6-10(7-5-9)12-15-14-11(16-12)3-2-8-13/h4-7H,2-3,8,13H2,1H3. The summed E-state index contributed by atoms with van der Waals surface area (Å²) in [6.45, 7) is 2.69. The maximum Gasteiger partial charge on any atom is 0.247 e. The van der Waals surface area contributed by atoms with E-state index in [0.29, 0.717) is 18.3 Å². The van der Waals surface area contributed by atoms with E-state index in [0.717, 1.165) is 18.4 Å². The van der Waals surface area contributed by atoms with Gasteiger partial charge in [-0.3, -0.25) is 0 Å². The Bertz CT molecular complexity index is 448. The van der Waals surface area contributed by atoms with Crippen LogP contribution in [0.5, 0.6) is 0 Å². The van der Waals surface area contributed by atoms with Gasteiger partial charge < -0.3 is 10.2 Å². The SMILES string of the molecule is Cc1ccc(-c2nnc(CCCN)o2)cc1. The monoisotopic (exact) mass is 217 g/mol. The van der Waals surface area contributed by atoms with Gasteiger partial charge in [0.2, 0.25) is 11.8 Å². The second-order valence-corrected chi connectivity index (χ2v) is 3.76. The van der Waals surface area contributed by atoms with Crippen molar-refractivity contribution in [2.24, 2.45) is 5.73 Å². The summed E-state index contributed by atoms with van der Waals surface area (Å²) in [5.74, 6) is 1.23. The molecule has 2 N–H and O–H groups in total. The third-order valence-electron chi connectivity index (χ3n) is 2.36. The lowest BCUT2D eigenvalue weighted by Crippen LogP contribution is -2.00. The van der Waals surface area contributed by atoms with Gasteiger partial charge in [0.25, 0.3) is 0 Å². The third kappa shape index (κ3) is 2.46. The predicted octanol–water partition coefficient (Wildman–Crippen LogP) is 1.94. The first kappa shape index (κ1) is 10.8. The molecule has 0 spiro atoms. The Morgan fingerprint density at radius 2 is 1.94 bits per heavy atom. The molecular formula is C12H15N3O.